The van der Waals surface area contributed by atoms with Gasteiger partial charge in [-0.1, -0.05) is 34.8 Å². The molecule has 116 valence electrons. The van der Waals surface area contributed by atoms with Crippen LogP contribution >= 0.6 is 34.8 Å². The molecule has 0 N–H and O–H groups in total. The average Bonchev–Trinajstić information content (AvgIpc) is 2.42. The number of esters is 1. The predicted octanol–water partition coefficient (Wildman–Crippen LogP) is 5.32. The average molecular weight is 361 g/mol. The van der Waals surface area contributed by atoms with Crippen molar-refractivity contribution in [1.29, 1.82) is 0 Å². The van der Waals surface area contributed by atoms with Gasteiger partial charge in [0.15, 0.2) is 0 Å². The minimum absolute atomic E-state index is 0.00611. The molecule has 0 aliphatic carbocycles. The third-order valence-electron chi connectivity index (χ3n) is 2.66. The van der Waals surface area contributed by atoms with Crippen molar-refractivity contribution in [2.24, 2.45) is 0 Å². The van der Waals surface area contributed by atoms with E-state index < -0.39 is 5.97 Å². The maximum absolute atomic E-state index is 12.1. The molecule has 2 rings (SSSR count). The number of hydrogen-bond acceptors (Lipinski definition) is 4. The molecule has 22 heavy (non-hydrogen) atoms. The number of rotatable bonds is 4. The Morgan fingerprint density at radius 1 is 1.18 bits per heavy atom. The molecule has 0 spiro atoms. The molecule has 1 heterocycles. The van der Waals surface area contributed by atoms with E-state index >= 15 is 0 Å². The number of pyridine rings is 1. The highest BCUT2D eigenvalue weighted by Gasteiger charge is 2.21. The fourth-order valence-electron chi connectivity index (χ4n) is 1.75. The van der Waals surface area contributed by atoms with Crippen molar-refractivity contribution in [3.63, 3.8) is 0 Å². The van der Waals surface area contributed by atoms with E-state index in [1.54, 1.807) is 38.1 Å². The van der Waals surface area contributed by atoms with Gasteiger partial charge in [0.25, 0.3) is 0 Å². The van der Waals surface area contributed by atoms with Gasteiger partial charge in [-0.05, 0) is 26.0 Å². The third kappa shape index (κ3) is 3.83. The molecular weight excluding hydrogens is 349 g/mol. The van der Waals surface area contributed by atoms with Crippen molar-refractivity contribution in [2.75, 3.05) is 6.61 Å². The first kappa shape index (κ1) is 16.9. The Morgan fingerprint density at radius 2 is 1.91 bits per heavy atom. The summed E-state index contributed by atoms with van der Waals surface area (Å²) in [5, 5.41) is 0.811. The predicted molar refractivity (Wildman–Crippen MR) is 86.5 cm³/mol. The van der Waals surface area contributed by atoms with Crippen molar-refractivity contribution < 1.29 is 14.3 Å². The minimum Gasteiger partial charge on any atom is -0.462 e. The molecule has 0 bridgehead atoms. The van der Waals surface area contributed by atoms with Gasteiger partial charge in [0, 0.05) is 22.8 Å². The van der Waals surface area contributed by atoms with Gasteiger partial charge < -0.3 is 9.47 Å². The molecule has 0 fully saturated rings. The highest BCUT2D eigenvalue weighted by molar-refractivity contribution is 6.34. The fourth-order valence-corrected chi connectivity index (χ4v) is 2.37. The van der Waals surface area contributed by atoms with Crippen molar-refractivity contribution in [1.82, 2.24) is 4.98 Å². The second-order valence-corrected chi connectivity index (χ2v) is 5.53. The van der Waals surface area contributed by atoms with Gasteiger partial charge in [-0.2, -0.15) is 0 Å². The molecule has 1 aromatic carbocycles. The van der Waals surface area contributed by atoms with Crippen LogP contribution in [0.15, 0.2) is 24.3 Å². The van der Waals surface area contributed by atoms with Crippen molar-refractivity contribution in [3.8, 4) is 11.5 Å². The zero-order valence-corrected chi connectivity index (χ0v) is 14.1. The number of aromatic nitrogens is 1. The lowest BCUT2D eigenvalue weighted by Crippen LogP contribution is -2.09. The maximum atomic E-state index is 12.1. The summed E-state index contributed by atoms with van der Waals surface area (Å²) in [4.78, 5) is 16.1. The molecule has 2 aromatic rings. The Labute approximate surface area is 142 Å². The highest BCUT2D eigenvalue weighted by atomic mass is 35.5. The smallest absolute Gasteiger partial charge is 0.345 e. The number of carbonyl (C=O) groups excluding carboxylic acids is 1. The van der Waals surface area contributed by atoms with E-state index in [2.05, 4.69) is 4.98 Å². The normalized spacial score (nSPS) is 10.4. The topological polar surface area (TPSA) is 48.4 Å². The third-order valence-corrected chi connectivity index (χ3v) is 3.48. The first-order chi connectivity index (χ1) is 10.4. The summed E-state index contributed by atoms with van der Waals surface area (Å²) in [6, 6.07) is 6.35. The molecule has 0 amide bonds. The van der Waals surface area contributed by atoms with Gasteiger partial charge in [0.1, 0.15) is 22.2 Å². The first-order valence-electron chi connectivity index (χ1n) is 6.39. The Hall–Kier alpha value is -1.49. The number of benzene rings is 1. The summed E-state index contributed by atoms with van der Waals surface area (Å²) >= 11 is 18.1. The molecule has 0 aliphatic heterocycles. The summed E-state index contributed by atoms with van der Waals surface area (Å²) in [7, 11) is 0. The summed E-state index contributed by atoms with van der Waals surface area (Å²) in [6.45, 7) is 3.63. The molecule has 0 unspecified atom stereocenters. The van der Waals surface area contributed by atoms with Crippen molar-refractivity contribution in [3.05, 3.63) is 50.7 Å². The lowest BCUT2D eigenvalue weighted by atomic mass is 10.2. The van der Waals surface area contributed by atoms with Crippen LogP contribution in [0.4, 0.5) is 0 Å². The second-order valence-electron chi connectivity index (χ2n) is 4.32. The fraction of sp³-hybridized carbons (Fsp3) is 0.200. The molecule has 1 aromatic heterocycles. The van der Waals surface area contributed by atoms with Crippen LogP contribution in [0.2, 0.25) is 15.2 Å². The monoisotopic (exact) mass is 359 g/mol. The zero-order chi connectivity index (χ0) is 16.3. The van der Waals surface area contributed by atoms with Crippen LogP contribution in [0.5, 0.6) is 11.5 Å². The molecule has 0 saturated heterocycles. The SMILES string of the molecule is CCOC(=O)c1c(Oc2cc(Cl)ccc2Cl)cc(C)nc1Cl. The lowest BCUT2D eigenvalue weighted by molar-refractivity contribution is 0.0523. The van der Waals surface area contributed by atoms with E-state index in [9.17, 15) is 4.79 Å². The van der Waals surface area contributed by atoms with Crippen LogP contribution in [0.25, 0.3) is 0 Å². The first-order valence-corrected chi connectivity index (χ1v) is 7.53. The zero-order valence-electron chi connectivity index (χ0n) is 11.8. The van der Waals surface area contributed by atoms with Gasteiger partial charge in [-0.25, -0.2) is 9.78 Å². The van der Waals surface area contributed by atoms with E-state index in [0.29, 0.717) is 21.5 Å². The summed E-state index contributed by atoms with van der Waals surface area (Å²) < 4.78 is 10.7. The van der Waals surface area contributed by atoms with Crippen molar-refractivity contribution >= 4 is 40.8 Å². The van der Waals surface area contributed by atoms with Crippen LogP contribution in [-0.2, 0) is 4.74 Å². The maximum Gasteiger partial charge on any atom is 0.345 e. The molecule has 0 aliphatic rings. The van der Waals surface area contributed by atoms with Crippen LogP contribution in [0.1, 0.15) is 23.0 Å². The number of aryl methyl sites for hydroxylation is 1. The lowest BCUT2D eigenvalue weighted by Gasteiger charge is -2.13. The van der Waals surface area contributed by atoms with E-state index in [-0.39, 0.29) is 23.1 Å². The summed E-state index contributed by atoms with van der Waals surface area (Å²) in [6.07, 6.45) is 0. The van der Waals surface area contributed by atoms with Gasteiger partial charge in [0.05, 0.1) is 11.6 Å². The molecular formula is C15H12Cl3NO3. The van der Waals surface area contributed by atoms with Crippen LogP contribution in [-0.4, -0.2) is 17.6 Å². The number of carbonyl (C=O) groups is 1. The van der Waals surface area contributed by atoms with Gasteiger partial charge in [0.2, 0.25) is 0 Å². The second kappa shape index (κ2) is 7.18. The Kier molecular flexibility index (Phi) is 5.51. The number of hydrogen-bond donors (Lipinski definition) is 0. The number of ether oxygens (including phenoxy) is 2. The summed E-state index contributed by atoms with van der Waals surface area (Å²) in [5.41, 5.74) is 0.636. The van der Waals surface area contributed by atoms with Crippen LogP contribution < -0.4 is 4.74 Å². The van der Waals surface area contributed by atoms with Gasteiger partial charge in [-0.15, -0.1) is 0 Å². The number of nitrogens with zero attached hydrogens (tertiary/aromatic N) is 1. The van der Waals surface area contributed by atoms with Crippen molar-refractivity contribution in [2.45, 2.75) is 13.8 Å². The van der Waals surface area contributed by atoms with E-state index in [0.717, 1.165) is 0 Å². The van der Waals surface area contributed by atoms with E-state index in [1.165, 1.54) is 0 Å². The largest absolute Gasteiger partial charge is 0.462 e. The highest BCUT2D eigenvalue weighted by Crippen LogP contribution is 2.35. The van der Waals surface area contributed by atoms with Gasteiger partial charge in [-0.3, -0.25) is 0 Å². The standard InChI is InChI=1S/C15H12Cl3NO3/c1-3-21-15(20)13-12(6-8(2)19-14(13)18)22-11-7-9(16)4-5-10(11)17/h4-7H,3H2,1-2H3. The summed E-state index contributed by atoms with van der Waals surface area (Å²) in [5.74, 6) is -0.102. The molecule has 0 saturated carbocycles. The molecule has 0 radical (unpaired) electrons. The Bertz CT molecular complexity index is 719. The van der Waals surface area contributed by atoms with Crippen LogP contribution in [0.3, 0.4) is 0 Å². The Balaban J connectivity index is 2.49. The van der Waals surface area contributed by atoms with Gasteiger partial charge >= 0.3 is 5.97 Å². The number of halogens is 3. The van der Waals surface area contributed by atoms with E-state index in [4.69, 9.17) is 44.3 Å². The molecule has 4 nitrogen and oxygen atoms in total. The molecule has 0 atom stereocenters. The van der Waals surface area contributed by atoms with Crippen LogP contribution in [0, 0.1) is 6.92 Å². The minimum atomic E-state index is -0.617. The quantitative estimate of drug-likeness (QED) is 0.547. The van der Waals surface area contributed by atoms with E-state index in [1.807, 2.05) is 0 Å². The Morgan fingerprint density at radius 3 is 2.59 bits per heavy atom. The molecule has 7 heteroatoms.